The Hall–Kier alpha value is -2.20. The normalized spacial score (nSPS) is 11.4. The first kappa shape index (κ1) is 16.2. The fraction of sp³-hybridized carbons (Fsp3) is 0.273. The van der Waals surface area contributed by atoms with Crippen LogP contribution in [0.25, 0.3) is 0 Å². The smallest absolute Gasteiger partial charge is 0.337 e. The molecule has 0 spiro atoms. The van der Waals surface area contributed by atoms with E-state index in [4.69, 9.17) is 21.4 Å². The van der Waals surface area contributed by atoms with Gasteiger partial charge in [-0.3, -0.25) is 0 Å². The lowest BCUT2D eigenvalue weighted by Gasteiger charge is -2.13. The number of aromatic nitrogens is 4. The Bertz CT molecular complexity index is 791. The first-order chi connectivity index (χ1) is 10.3. The van der Waals surface area contributed by atoms with E-state index in [1.165, 1.54) is 11.0 Å². The highest BCUT2D eigenvalue weighted by Gasteiger charge is 2.22. The predicted molar refractivity (Wildman–Crippen MR) is 74.8 cm³/mol. The highest BCUT2D eigenvalue weighted by atomic mass is 35.5. The topological polar surface area (TPSA) is 124 Å². The average molecular weight is 347 g/mol. The molecule has 0 saturated heterocycles. The zero-order valence-electron chi connectivity index (χ0n) is 11.3. The first-order valence-electron chi connectivity index (χ1n) is 5.90. The molecule has 22 heavy (non-hydrogen) atoms. The number of benzene rings is 1. The van der Waals surface area contributed by atoms with Crippen molar-refractivity contribution in [3.8, 4) is 5.75 Å². The number of halogens is 1. The number of carbonyl (C=O) groups is 1. The summed E-state index contributed by atoms with van der Waals surface area (Å²) in [4.78, 5) is 10.9. The van der Waals surface area contributed by atoms with E-state index in [1.54, 1.807) is 0 Å². The molecule has 0 aliphatic rings. The van der Waals surface area contributed by atoms with Gasteiger partial charge >= 0.3 is 5.97 Å². The Morgan fingerprint density at radius 1 is 1.45 bits per heavy atom. The average Bonchev–Trinajstić information content (AvgIpc) is 2.91. The second-order valence-electron chi connectivity index (χ2n) is 4.25. The molecule has 0 aliphatic heterocycles. The van der Waals surface area contributed by atoms with Crippen LogP contribution in [-0.4, -0.2) is 52.6 Å². The van der Waals surface area contributed by atoms with Crippen molar-refractivity contribution >= 4 is 27.4 Å². The molecule has 2 aromatic rings. The highest BCUT2D eigenvalue weighted by Crippen LogP contribution is 2.35. The number of rotatable bonds is 6. The molecule has 1 N–H and O–H groups in total. The number of carboxylic acid groups (broad SMARTS) is 1. The van der Waals surface area contributed by atoms with E-state index in [0.29, 0.717) is 0 Å². The zero-order chi connectivity index (χ0) is 16.3. The Morgan fingerprint density at radius 3 is 2.73 bits per heavy atom. The molecule has 0 radical (unpaired) electrons. The van der Waals surface area contributed by atoms with Crippen LogP contribution < -0.4 is 4.74 Å². The first-order valence-corrected chi connectivity index (χ1v) is 8.17. The fourth-order valence-electron chi connectivity index (χ4n) is 1.65. The van der Waals surface area contributed by atoms with Gasteiger partial charge in [0.15, 0.2) is 15.6 Å². The van der Waals surface area contributed by atoms with E-state index in [9.17, 15) is 13.2 Å². The minimum absolute atomic E-state index is 0.0103. The second kappa shape index (κ2) is 6.28. The molecule has 2 rings (SSSR count). The molecule has 0 bridgehead atoms. The maximum Gasteiger partial charge on any atom is 0.337 e. The highest BCUT2D eigenvalue weighted by molar-refractivity contribution is 7.90. The molecule has 0 aliphatic carbocycles. The fourth-order valence-corrected chi connectivity index (χ4v) is 2.82. The van der Waals surface area contributed by atoms with Crippen LogP contribution in [0.1, 0.15) is 10.4 Å². The lowest BCUT2D eigenvalue weighted by molar-refractivity contribution is 0.0696. The maximum absolute atomic E-state index is 11.8. The Kier molecular flexibility index (Phi) is 4.62. The molecule has 0 fully saturated rings. The molecule has 1 aromatic heterocycles. The summed E-state index contributed by atoms with van der Waals surface area (Å²) in [5.41, 5.74) is -0.244. The van der Waals surface area contributed by atoms with Gasteiger partial charge in [-0.1, -0.05) is 11.6 Å². The van der Waals surface area contributed by atoms with Gasteiger partial charge in [0, 0.05) is 6.26 Å². The number of aromatic carboxylic acids is 1. The quantitative estimate of drug-likeness (QED) is 0.802. The van der Waals surface area contributed by atoms with Crippen molar-refractivity contribution in [1.29, 1.82) is 0 Å². The van der Waals surface area contributed by atoms with Crippen molar-refractivity contribution in [2.75, 3.05) is 12.9 Å². The number of tetrazole rings is 1. The van der Waals surface area contributed by atoms with Gasteiger partial charge in [0.05, 0.1) is 17.1 Å². The molecular weight excluding hydrogens is 336 g/mol. The lowest BCUT2D eigenvalue weighted by Crippen LogP contribution is -2.12. The molecular formula is C11H11ClN4O5S. The van der Waals surface area contributed by atoms with Crippen LogP contribution in [0.5, 0.6) is 5.75 Å². The minimum Gasteiger partial charge on any atom is -0.489 e. The zero-order valence-corrected chi connectivity index (χ0v) is 12.9. The van der Waals surface area contributed by atoms with Gasteiger partial charge in [-0.15, -0.1) is 5.10 Å². The Labute approximate surface area is 130 Å². The third kappa shape index (κ3) is 3.52. The third-order valence-corrected chi connectivity index (χ3v) is 4.14. The summed E-state index contributed by atoms with van der Waals surface area (Å²) in [7, 11) is -3.63. The molecule has 0 atom stereocenters. The number of nitrogens with zero attached hydrogens (tertiary/aromatic N) is 4. The van der Waals surface area contributed by atoms with Crippen LogP contribution >= 0.6 is 11.6 Å². The summed E-state index contributed by atoms with van der Waals surface area (Å²) in [6, 6.07) is 2.27. The molecule has 1 heterocycles. The lowest BCUT2D eigenvalue weighted by atomic mass is 10.2. The van der Waals surface area contributed by atoms with Gasteiger partial charge in [0.1, 0.15) is 17.8 Å². The van der Waals surface area contributed by atoms with Crippen LogP contribution in [0.2, 0.25) is 5.02 Å². The maximum atomic E-state index is 11.8. The van der Waals surface area contributed by atoms with Gasteiger partial charge in [-0.25, -0.2) is 17.9 Å². The number of ether oxygens (including phenoxy) is 1. The van der Waals surface area contributed by atoms with Gasteiger partial charge in [0.2, 0.25) is 0 Å². The van der Waals surface area contributed by atoms with Crippen molar-refractivity contribution in [3.05, 3.63) is 29.0 Å². The van der Waals surface area contributed by atoms with E-state index >= 15 is 0 Å². The minimum atomic E-state index is -3.63. The van der Waals surface area contributed by atoms with Crippen molar-refractivity contribution in [3.63, 3.8) is 0 Å². The largest absolute Gasteiger partial charge is 0.489 e. The summed E-state index contributed by atoms with van der Waals surface area (Å²) in [6.45, 7) is 0.250. The van der Waals surface area contributed by atoms with Crippen molar-refractivity contribution in [1.82, 2.24) is 20.2 Å². The summed E-state index contributed by atoms with van der Waals surface area (Å²) < 4.78 is 30.2. The SMILES string of the molecule is CS(=O)(=O)c1ccc(C(=O)O)c(Cl)c1OCCn1cnnn1. The molecule has 0 amide bonds. The number of carboxylic acids is 1. The van der Waals surface area contributed by atoms with Crippen LogP contribution in [0, 0.1) is 0 Å². The van der Waals surface area contributed by atoms with Crippen molar-refractivity contribution in [2.24, 2.45) is 0 Å². The molecule has 0 unspecified atom stereocenters. The van der Waals surface area contributed by atoms with Gasteiger partial charge in [-0.05, 0) is 22.6 Å². The van der Waals surface area contributed by atoms with Gasteiger partial charge in [-0.2, -0.15) is 0 Å². The van der Waals surface area contributed by atoms with Crippen LogP contribution in [0.15, 0.2) is 23.4 Å². The monoisotopic (exact) mass is 346 g/mol. The van der Waals surface area contributed by atoms with Crippen LogP contribution in [0.4, 0.5) is 0 Å². The molecule has 11 heteroatoms. The summed E-state index contributed by atoms with van der Waals surface area (Å²) >= 11 is 5.96. The van der Waals surface area contributed by atoms with Gasteiger partial charge < -0.3 is 9.84 Å². The predicted octanol–water partition coefficient (Wildman–Crippen LogP) is 0.507. The summed E-state index contributed by atoms with van der Waals surface area (Å²) in [6.07, 6.45) is 2.34. The molecule has 118 valence electrons. The summed E-state index contributed by atoms with van der Waals surface area (Å²) in [5.74, 6) is -1.48. The Morgan fingerprint density at radius 2 is 2.18 bits per heavy atom. The molecule has 0 saturated carbocycles. The standard InChI is InChI=1S/C11H11ClN4O5S/c1-22(19,20)8-3-2-7(11(17)18)9(12)10(8)21-5-4-16-6-13-14-15-16/h2-3,6H,4-5H2,1H3,(H,17,18). The summed E-state index contributed by atoms with van der Waals surface area (Å²) in [5, 5.41) is 19.3. The van der Waals surface area contributed by atoms with Gasteiger partial charge in [0.25, 0.3) is 0 Å². The van der Waals surface area contributed by atoms with Crippen LogP contribution in [-0.2, 0) is 16.4 Å². The van der Waals surface area contributed by atoms with Crippen LogP contribution in [0.3, 0.4) is 0 Å². The molecule has 9 nitrogen and oxygen atoms in total. The number of sulfone groups is 1. The van der Waals surface area contributed by atoms with Crippen molar-refractivity contribution < 1.29 is 23.1 Å². The van der Waals surface area contributed by atoms with E-state index < -0.39 is 15.8 Å². The Balaban J connectivity index is 2.33. The number of hydrogen-bond donors (Lipinski definition) is 1. The second-order valence-corrected chi connectivity index (χ2v) is 6.62. The third-order valence-electron chi connectivity index (χ3n) is 2.65. The van der Waals surface area contributed by atoms with E-state index in [0.717, 1.165) is 18.4 Å². The number of hydrogen-bond acceptors (Lipinski definition) is 7. The van der Waals surface area contributed by atoms with E-state index in [-0.39, 0.29) is 34.4 Å². The van der Waals surface area contributed by atoms with E-state index in [1.807, 2.05) is 0 Å². The molecule has 1 aromatic carbocycles. The van der Waals surface area contributed by atoms with E-state index in [2.05, 4.69) is 15.5 Å². The van der Waals surface area contributed by atoms with Crippen molar-refractivity contribution in [2.45, 2.75) is 11.4 Å².